The van der Waals surface area contributed by atoms with Gasteiger partial charge in [0, 0.05) is 23.7 Å². The summed E-state index contributed by atoms with van der Waals surface area (Å²) in [6.45, 7) is 3.17. The molecule has 0 bridgehead atoms. The van der Waals surface area contributed by atoms with Gasteiger partial charge in [0.2, 0.25) is 5.78 Å². The average molecular weight is 735 g/mol. The number of benzene rings is 3. The second kappa shape index (κ2) is 16.2. The number of amides is 1. The molecular formula is C32H23CoN10O8. The molecule has 0 saturated carbocycles. The monoisotopic (exact) mass is 734 g/mol. The van der Waals surface area contributed by atoms with Crippen molar-refractivity contribution in [1.29, 1.82) is 0 Å². The first-order valence-electron chi connectivity index (χ1n) is 14.3. The van der Waals surface area contributed by atoms with Crippen LogP contribution in [0.3, 0.4) is 0 Å². The molecule has 0 atom stereocenters. The van der Waals surface area contributed by atoms with Crippen LogP contribution in [0.1, 0.15) is 14.0 Å². The van der Waals surface area contributed by atoms with Crippen LogP contribution in [0.4, 0.5) is 22.7 Å². The van der Waals surface area contributed by atoms with E-state index in [0.717, 1.165) is 36.4 Å². The molecule has 51 heavy (non-hydrogen) atoms. The number of non-ortho nitro benzene ring substituents is 1. The number of aromatic nitrogens is 2. The standard InChI is InChI=1S/C16H13N5O4.C16H11N5O4.Co/c2*1-10-15(16(23)20(19-10)11-5-3-2-4-6-11)18-17-13-9-12(21(24)25)7-8-14(13)22;/h2-9,22-23H,1H3;2-9H,1H3;/q;-2;+3/p-1. The summed E-state index contributed by atoms with van der Waals surface area (Å²) in [6.07, 6.45) is 3.12. The van der Waals surface area contributed by atoms with E-state index >= 15 is 0 Å². The summed E-state index contributed by atoms with van der Waals surface area (Å²) in [4.78, 5) is 34.3. The van der Waals surface area contributed by atoms with Crippen molar-refractivity contribution in [3.05, 3.63) is 129 Å². The molecule has 4 aromatic rings. The molecule has 0 saturated heterocycles. The van der Waals surface area contributed by atoms with Crippen LogP contribution in [0.25, 0.3) is 5.69 Å². The number of hydroxylamine groups is 2. The molecule has 1 aliphatic carbocycles. The molecule has 0 radical (unpaired) electrons. The Hall–Kier alpha value is -6.67. The Morgan fingerprint density at radius 2 is 1.51 bits per heavy atom. The Kier molecular flexibility index (Phi) is 11.8. The molecule has 1 amide bonds. The molecule has 0 fully saturated rings. The van der Waals surface area contributed by atoms with Crippen molar-refractivity contribution in [3.63, 3.8) is 0 Å². The molecule has 6 rings (SSSR count). The van der Waals surface area contributed by atoms with E-state index in [4.69, 9.17) is 0 Å². The third-order valence-corrected chi connectivity index (χ3v) is 6.80. The first-order chi connectivity index (χ1) is 23.9. The number of allylic oxidation sites excluding steroid dienone is 3. The van der Waals surface area contributed by atoms with Crippen molar-refractivity contribution in [1.82, 2.24) is 15.0 Å². The number of para-hydroxylation sites is 2. The SMILES string of the molecule is CC1=NN(c2ccccc2)C(=O)C1=NN=C1C=C(N([O-])[O-])C=CC1=O.Cc1nn(-c2ccccc2)c([O-])c1N=Nc1cc([N+](=O)[O-])ccc1[O-].[Co+3].[H+]. The van der Waals surface area contributed by atoms with Gasteiger partial charge in [0.15, 0.2) is 5.71 Å². The fourth-order valence-electron chi connectivity index (χ4n) is 4.32. The number of hydrazone groups is 1. The Balaban J connectivity index is 0.000000270. The number of rotatable bonds is 7. The normalized spacial score (nSPS) is 15.4. The van der Waals surface area contributed by atoms with Crippen LogP contribution < -0.4 is 15.2 Å². The summed E-state index contributed by atoms with van der Waals surface area (Å²) in [5.41, 5.74) is 0.713. The van der Waals surface area contributed by atoms with E-state index in [2.05, 4.69) is 30.6 Å². The van der Waals surface area contributed by atoms with Crippen molar-refractivity contribution in [2.75, 3.05) is 5.01 Å². The summed E-state index contributed by atoms with van der Waals surface area (Å²) in [6, 6.07) is 20.6. The van der Waals surface area contributed by atoms with Gasteiger partial charge in [0.05, 0.1) is 33.4 Å². The van der Waals surface area contributed by atoms with Gasteiger partial charge in [-0.25, -0.2) is 4.68 Å². The van der Waals surface area contributed by atoms with Gasteiger partial charge >= 0.3 is 24.1 Å². The van der Waals surface area contributed by atoms with Gasteiger partial charge in [-0.2, -0.15) is 20.3 Å². The number of carbonyl (C=O) groups excluding carboxylic acids is 2. The van der Waals surface area contributed by atoms with Gasteiger partial charge in [-0.3, -0.25) is 19.7 Å². The average Bonchev–Trinajstić information content (AvgIpc) is 3.56. The van der Waals surface area contributed by atoms with Crippen LogP contribution in [-0.2, 0) is 26.4 Å². The fraction of sp³-hybridized carbons (Fsp3) is 0.0625. The zero-order valence-electron chi connectivity index (χ0n) is 27.3. The second-order valence-corrected chi connectivity index (χ2v) is 10.2. The van der Waals surface area contributed by atoms with Crippen molar-refractivity contribution in [3.8, 4) is 17.3 Å². The van der Waals surface area contributed by atoms with Crippen LogP contribution in [0, 0.1) is 27.5 Å². The Morgan fingerprint density at radius 3 is 2.14 bits per heavy atom. The minimum absolute atomic E-state index is 0. The number of aryl methyl sites for hydroxylation is 1. The summed E-state index contributed by atoms with van der Waals surface area (Å²) in [7, 11) is 0. The summed E-state index contributed by atoms with van der Waals surface area (Å²) < 4.78 is 1.18. The molecule has 1 aliphatic heterocycles. The molecule has 0 spiro atoms. The first-order valence-corrected chi connectivity index (χ1v) is 14.3. The predicted molar refractivity (Wildman–Crippen MR) is 178 cm³/mol. The maximum atomic E-state index is 12.4. The van der Waals surface area contributed by atoms with E-state index in [0.29, 0.717) is 22.8 Å². The molecule has 2 heterocycles. The number of nitro groups is 1. The van der Waals surface area contributed by atoms with Crippen LogP contribution in [0.15, 0.2) is 128 Å². The van der Waals surface area contributed by atoms with E-state index in [9.17, 15) is 40.3 Å². The zero-order chi connectivity index (χ0) is 35.9. The molecule has 3 aromatic carbocycles. The maximum Gasteiger partial charge on any atom is 3.00 e. The smallest absolute Gasteiger partial charge is 0.871 e. The van der Waals surface area contributed by atoms with Gasteiger partial charge in [-0.05, 0) is 56.3 Å². The molecule has 2 aliphatic rings. The van der Waals surface area contributed by atoms with E-state index < -0.39 is 33.5 Å². The van der Waals surface area contributed by atoms with Crippen LogP contribution in [-0.4, -0.2) is 48.8 Å². The number of ketones is 1. The number of hydrogen-bond acceptors (Lipinski definition) is 15. The third kappa shape index (κ3) is 8.50. The Morgan fingerprint density at radius 1 is 0.863 bits per heavy atom. The largest absolute Gasteiger partial charge is 3.00 e. The van der Waals surface area contributed by atoms with Crippen molar-refractivity contribution in [2.45, 2.75) is 13.8 Å². The predicted octanol–water partition coefficient (Wildman–Crippen LogP) is 4.29. The number of nitrogens with zero attached hydrogens (tertiary/aromatic N) is 10. The zero-order valence-corrected chi connectivity index (χ0v) is 27.4. The quantitative estimate of drug-likeness (QED) is 0.113. The van der Waals surface area contributed by atoms with Crippen LogP contribution in [0.5, 0.6) is 11.6 Å². The van der Waals surface area contributed by atoms with E-state index in [-0.39, 0.29) is 52.4 Å². The van der Waals surface area contributed by atoms with Crippen molar-refractivity contribution < 1.29 is 42.9 Å². The molecule has 0 N–H and O–H groups in total. The summed E-state index contributed by atoms with van der Waals surface area (Å²) >= 11 is 0. The van der Waals surface area contributed by atoms with Crippen LogP contribution in [0.2, 0.25) is 0 Å². The van der Waals surface area contributed by atoms with E-state index in [1.165, 1.54) is 9.69 Å². The summed E-state index contributed by atoms with van der Waals surface area (Å²) in [5, 5.41) is 80.3. The van der Waals surface area contributed by atoms with E-state index in [1.54, 1.807) is 62.4 Å². The summed E-state index contributed by atoms with van der Waals surface area (Å²) in [5.74, 6) is -2.06. The maximum absolute atomic E-state index is 12.4. The van der Waals surface area contributed by atoms with Crippen molar-refractivity contribution in [2.24, 2.45) is 25.5 Å². The minimum Gasteiger partial charge on any atom is -0.871 e. The molecule has 19 heteroatoms. The van der Waals surface area contributed by atoms with Gasteiger partial charge in [-0.1, -0.05) is 48.2 Å². The minimum atomic E-state index is -0.643. The number of nitro benzene ring substituents is 1. The van der Waals surface area contributed by atoms with Crippen molar-refractivity contribution >= 4 is 51.6 Å². The number of carbonyl (C=O) groups is 2. The third-order valence-electron chi connectivity index (χ3n) is 6.80. The fourth-order valence-corrected chi connectivity index (χ4v) is 4.32. The first kappa shape index (κ1) is 37.2. The Bertz CT molecular complexity index is 2170. The number of hydrogen-bond donors (Lipinski definition) is 0. The molecule has 1 aromatic heterocycles. The van der Waals surface area contributed by atoms with Gasteiger partial charge < -0.3 is 25.9 Å². The molecular weight excluding hydrogens is 711 g/mol. The molecule has 0 unspecified atom stereocenters. The van der Waals surface area contributed by atoms with Gasteiger partial charge in [0.1, 0.15) is 11.4 Å². The molecule has 18 nitrogen and oxygen atoms in total. The van der Waals surface area contributed by atoms with Crippen LogP contribution >= 0.6 is 0 Å². The number of azo groups is 1. The van der Waals surface area contributed by atoms with E-state index in [1.807, 2.05) is 12.1 Å². The topological polar surface area (TPSA) is 256 Å². The van der Waals surface area contributed by atoms with Gasteiger partial charge in [-0.15, -0.1) is 15.3 Å². The second-order valence-electron chi connectivity index (χ2n) is 10.2. The van der Waals surface area contributed by atoms with Gasteiger partial charge in [0.25, 0.3) is 5.69 Å². The number of anilines is 1. The molecule has 258 valence electrons. The Labute approximate surface area is 299 Å².